The van der Waals surface area contributed by atoms with E-state index in [0.717, 1.165) is 19.1 Å². The van der Waals surface area contributed by atoms with Crippen molar-refractivity contribution < 1.29 is 18.3 Å². The molecule has 6 heteroatoms. The van der Waals surface area contributed by atoms with Crippen LogP contribution in [-0.4, -0.2) is 25.7 Å². The van der Waals surface area contributed by atoms with Crippen LogP contribution in [0.15, 0.2) is 24.3 Å². The van der Waals surface area contributed by atoms with Crippen molar-refractivity contribution in [2.45, 2.75) is 31.1 Å². The largest absolute Gasteiger partial charge is 0.481 e. The molecule has 0 bridgehead atoms. The third-order valence-corrected chi connectivity index (χ3v) is 4.20. The van der Waals surface area contributed by atoms with Gasteiger partial charge in [0.25, 0.3) is 0 Å². The van der Waals surface area contributed by atoms with E-state index in [1.807, 2.05) is 0 Å². The first kappa shape index (κ1) is 13.9. The van der Waals surface area contributed by atoms with Crippen molar-refractivity contribution >= 4 is 21.7 Å². The van der Waals surface area contributed by atoms with Crippen molar-refractivity contribution in [3.8, 4) is 0 Å². The number of hydrogen-bond acceptors (Lipinski definition) is 3. The first-order valence-electron chi connectivity index (χ1n) is 6.16. The number of nitrogens with one attached hydrogen (secondary N) is 1. The summed E-state index contributed by atoms with van der Waals surface area (Å²) >= 11 is 0. The molecule has 0 saturated heterocycles. The van der Waals surface area contributed by atoms with E-state index in [1.54, 1.807) is 24.3 Å². The zero-order chi connectivity index (χ0) is 14.1. The Kier molecular flexibility index (Phi) is 3.54. The summed E-state index contributed by atoms with van der Waals surface area (Å²) in [6, 6.07) is 6.75. The molecule has 0 aliphatic heterocycles. The van der Waals surface area contributed by atoms with Crippen molar-refractivity contribution in [3.63, 3.8) is 0 Å². The minimum Gasteiger partial charge on any atom is -0.481 e. The molecule has 2 N–H and O–H groups in total. The number of rotatable bonds is 4. The number of carbonyl (C=O) groups is 1. The molecule has 0 heterocycles. The van der Waals surface area contributed by atoms with Crippen LogP contribution in [0.25, 0.3) is 0 Å². The molecule has 1 aromatic rings. The summed E-state index contributed by atoms with van der Waals surface area (Å²) in [5.41, 5.74) is -0.0337. The van der Waals surface area contributed by atoms with Gasteiger partial charge in [-0.3, -0.25) is 9.52 Å². The van der Waals surface area contributed by atoms with Gasteiger partial charge < -0.3 is 5.11 Å². The molecule has 1 fully saturated rings. The standard InChI is InChI=1S/C13H17NO4S/c1-19(17,18)14-11-7-3-2-6-10(11)13(12(15)16)8-4-5-9-13/h2-3,6-7,14H,4-5,8-9H2,1H3,(H,15,16). The average Bonchev–Trinajstić information content (AvgIpc) is 2.77. The number of carboxylic acids is 1. The van der Waals surface area contributed by atoms with Gasteiger partial charge in [-0.1, -0.05) is 31.0 Å². The van der Waals surface area contributed by atoms with E-state index < -0.39 is 21.4 Å². The molecule has 0 amide bonds. The average molecular weight is 283 g/mol. The van der Waals surface area contributed by atoms with Crippen LogP contribution in [0.3, 0.4) is 0 Å². The van der Waals surface area contributed by atoms with Gasteiger partial charge in [0.1, 0.15) is 0 Å². The quantitative estimate of drug-likeness (QED) is 0.884. The molecule has 1 aliphatic rings. The van der Waals surface area contributed by atoms with Crippen molar-refractivity contribution in [2.75, 3.05) is 11.0 Å². The van der Waals surface area contributed by atoms with Gasteiger partial charge in [-0.15, -0.1) is 0 Å². The molecule has 0 unspecified atom stereocenters. The lowest BCUT2D eigenvalue weighted by Crippen LogP contribution is -2.33. The second kappa shape index (κ2) is 4.85. The molecule has 5 nitrogen and oxygen atoms in total. The molecule has 0 atom stereocenters. The van der Waals surface area contributed by atoms with Crippen molar-refractivity contribution in [1.82, 2.24) is 0 Å². The van der Waals surface area contributed by atoms with Crippen LogP contribution in [0.1, 0.15) is 31.2 Å². The van der Waals surface area contributed by atoms with E-state index in [4.69, 9.17) is 0 Å². The number of sulfonamides is 1. The summed E-state index contributed by atoms with van der Waals surface area (Å²) in [7, 11) is -3.42. The SMILES string of the molecule is CS(=O)(=O)Nc1ccccc1C1(C(=O)O)CCCC1. The third-order valence-electron chi connectivity index (χ3n) is 3.60. The molecule has 2 rings (SSSR count). The van der Waals surface area contributed by atoms with Gasteiger partial charge in [-0.05, 0) is 24.5 Å². The maximum atomic E-state index is 11.7. The second-order valence-electron chi connectivity index (χ2n) is 5.01. The van der Waals surface area contributed by atoms with E-state index >= 15 is 0 Å². The van der Waals surface area contributed by atoms with Crippen LogP contribution >= 0.6 is 0 Å². The maximum Gasteiger partial charge on any atom is 0.314 e. The number of aliphatic carboxylic acids is 1. The number of anilines is 1. The van der Waals surface area contributed by atoms with Gasteiger partial charge in [0.15, 0.2) is 0 Å². The van der Waals surface area contributed by atoms with E-state index in [2.05, 4.69) is 4.72 Å². The highest BCUT2D eigenvalue weighted by Crippen LogP contribution is 2.44. The van der Waals surface area contributed by atoms with E-state index in [9.17, 15) is 18.3 Å². The Balaban J connectivity index is 2.52. The van der Waals surface area contributed by atoms with E-state index in [-0.39, 0.29) is 0 Å². The fourth-order valence-corrected chi connectivity index (χ4v) is 3.34. The van der Waals surface area contributed by atoms with Gasteiger partial charge >= 0.3 is 5.97 Å². The third kappa shape index (κ3) is 2.73. The minimum absolute atomic E-state index is 0.370. The Labute approximate surface area is 112 Å². The smallest absolute Gasteiger partial charge is 0.314 e. The number of hydrogen-bond donors (Lipinski definition) is 2. The number of para-hydroxylation sites is 1. The monoisotopic (exact) mass is 283 g/mol. The minimum atomic E-state index is -3.42. The molecule has 104 valence electrons. The highest BCUT2D eigenvalue weighted by Gasteiger charge is 2.44. The Morgan fingerprint density at radius 2 is 1.84 bits per heavy atom. The Morgan fingerprint density at radius 1 is 1.26 bits per heavy atom. The molecule has 0 spiro atoms. The summed E-state index contributed by atoms with van der Waals surface area (Å²) in [6.45, 7) is 0. The summed E-state index contributed by atoms with van der Waals surface area (Å²) < 4.78 is 25.2. The van der Waals surface area contributed by atoms with Gasteiger partial charge in [0.05, 0.1) is 17.4 Å². The van der Waals surface area contributed by atoms with Crippen molar-refractivity contribution in [2.24, 2.45) is 0 Å². The van der Waals surface area contributed by atoms with Crippen molar-refractivity contribution in [3.05, 3.63) is 29.8 Å². The van der Waals surface area contributed by atoms with Crippen LogP contribution in [-0.2, 0) is 20.2 Å². The molecule has 1 aliphatic carbocycles. The van der Waals surface area contributed by atoms with E-state index in [1.165, 1.54) is 0 Å². The topological polar surface area (TPSA) is 83.5 Å². The summed E-state index contributed by atoms with van der Waals surface area (Å²) in [5.74, 6) is -0.882. The Bertz CT molecular complexity index is 588. The molecular weight excluding hydrogens is 266 g/mol. The second-order valence-corrected chi connectivity index (χ2v) is 6.76. The summed E-state index contributed by atoms with van der Waals surface area (Å²) in [4.78, 5) is 11.7. The predicted octanol–water partition coefficient (Wildman–Crippen LogP) is 1.95. The lowest BCUT2D eigenvalue weighted by Gasteiger charge is -2.27. The van der Waals surface area contributed by atoms with Gasteiger partial charge in [-0.2, -0.15) is 0 Å². The van der Waals surface area contributed by atoms with Crippen LogP contribution in [0.2, 0.25) is 0 Å². The molecule has 1 aromatic carbocycles. The lowest BCUT2D eigenvalue weighted by atomic mass is 9.78. The molecule has 0 aromatic heterocycles. The Morgan fingerprint density at radius 3 is 2.37 bits per heavy atom. The summed E-state index contributed by atoms with van der Waals surface area (Å²) in [5, 5.41) is 9.56. The highest BCUT2D eigenvalue weighted by molar-refractivity contribution is 7.92. The van der Waals surface area contributed by atoms with Crippen molar-refractivity contribution in [1.29, 1.82) is 0 Å². The first-order chi connectivity index (χ1) is 8.85. The van der Waals surface area contributed by atoms with Crippen LogP contribution in [0.4, 0.5) is 5.69 Å². The lowest BCUT2D eigenvalue weighted by molar-refractivity contribution is -0.143. The molecule has 1 saturated carbocycles. The number of carboxylic acid groups (broad SMARTS) is 1. The van der Waals surface area contributed by atoms with E-state index in [0.29, 0.717) is 24.1 Å². The maximum absolute atomic E-state index is 11.7. The molecular formula is C13H17NO4S. The number of benzene rings is 1. The highest BCUT2D eigenvalue weighted by atomic mass is 32.2. The molecule has 0 radical (unpaired) electrons. The normalized spacial score (nSPS) is 18.2. The van der Waals surface area contributed by atoms with Crippen LogP contribution < -0.4 is 4.72 Å². The van der Waals surface area contributed by atoms with Gasteiger partial charge in [0.2, 0.25) is 10.0 Å². The fraction of sp³-hybridized carbons (Fsp3) is 0.462. The van der Waals surface area contributed by atoms with Gasteiger partial charge in [-0.25, -0.2) is 8.42 Å². The zero-order valence-electron chi connectivity index (χ0n) is 10.7. The Hall–Kier alpha value is -1.56. The molecule has 19 heavy (non-hydrogen) atoms. The van der Waals surface area contributed by atoms with Crippen LogP contribution in [0.5, 0.6) is 0 Å². The summed E-state index contributed by atoms with van der Waals surface area (Å²) in [6.07, 6.45) is 3.85. The first-order valence-corrected chi connectivity index (χ1v) is 8.05. The fourth-order valence-electron chi connectivity index (χ4n) is 2.77. The van der Waals surface area contributed by atoms with Gasteiger partial charge in [0, 0.05) is 0 Å². The zero-order valence-corrected chi connectivity index (χ0v) is 11.5. The van der Waals surface area contributed by atoms with Crippen LogP contribution in [0, 0.1) is 0 Å². The predicted molar refractivity (Wildman–Crippen MR) is 72.7 cm³/mol.